The number of rotatable bonds is 4. The lowest BCUT2D eigenvalue weighted by atomic mass is 9.92. The molecule has 1 aromatic heterocycles. The summed E-state index contributed by atoms with van der Waals surface area (Å²) in [6.45, 7) is 5.31. The highest BCUT2D eigenvalue weighted by molar-refractivity contribution is 5.83. The second-order valence-corrected chi connectivity index (χ2v) is 4.85. The van der Waals surface area contributed by atoms with Crippen molar-refractivity contribution in [2.45, 2.75) is 26.3 Å². The van der Waals surface area contributed by atoms with Crippen LogP contribution in [0.15, 0.2) is 36.5 Å². The van der Waals surface area contributed by atoms with Crippen molar-refractivity contribution >= 4 is 11.8 Å². The molecule has 104 valence electrons. The molecule has 0 aliphatic rings. The predicted molar refractivity (Wildman–Crippen MR) is 76.6 cm³/mol. The predicted octanol–water partition coefficient (Wildman–Crippen LogP) is 2.51. The molecule has 2 N–H and O–H groups in total. The summed E-state index contributed by atoms with van der Waals surface area (Å²) in [6.07, 6.45) is 1.55. The van der Waals surface area contributed by atoms with Gasteiger partial charge >= 0.3 is 5.97 Å². The van der Waals surface area contributed by atoms with E-state index in [4.69, 9.17) is 0 Å². The fraction of sp³-hybridized carbons (Fsp3) is 0.267. The Morgan fingerprint density at radius 2 is 1.85 bits per heavy atom. The fourth-order valence-corrected chi connectivity index (χ4v) is 1.88. The molecule has 2 aromatic rings. The summed E-state index contributed by atoms with van der Waals surface area (Å²) in [6, 6.07) is 9.02. The Bertz CT molecular complexity index is 628. The molecule has 0 bridgehead atoms. The molecule has 0 fully saturated rings. The highest BCUT2D eigenvalue weighted by atomic mass is 16.4. The molecular formula is C15H17N3O2. The first-order valence-electron chi connectivity index (χ1n) is 6.31. The van der Waals surface area contributed by atoms with Crippen LogP contribution in [0.4, 0.5) is 5.82 Å². The number of benzene rings is 1. The summed E-state index contributed by atoms with van der Waals surface area (Å²) in [7, 11) is 0. The second-order valence-electron chi connectivity index (χ2n) is 4.85. The Kier molecular flexibility index (Phi) is 3.70. The van der Waals surface area contributed by atoms with E-state index in [1.165, 1.54) is 0 Å². The first-order valence-corrected chi connectivity index (χ1v) is 6.31. The minimum absolute atomic E-state index is 0.446. The molecule has 0 saturated heterocycles. The first kappa shape index (κ1) is 14.0. The van der Waals surface area contributed by atoms with Gasteiger partial charge in [0, 0.05) is 0 Å². The number of nitrogens with zero attached hydrogens (tertiary/aromatic N) is 2. The number of hydrogen-bond acceptors (Lipinski definition) is 4. The van der Waals surface area contributed by atoms with Gasteiger partial charge in [0.1, 0.15) is 5.82 Å². The third-order valence-electron chi connectivity index (χ3n) is 3.35. The molecule has 1 unspecified atom stereocenters. The number of aliphatic carboxylic acids is 1. The van der Waals surface area contributed by atoms with Crippen LogP contribution in [-0.4, -0.2) is 21.0 Å². The Hall–Kier alpha value is -2.43. The third kappa shape index (κ3) is 2.61. The summed E-state index contributed by atoms with van der Waals surface area (Å²) in [5.41, 5.74) is 1.01. The normalized spacial score (nSPS) is 13.6. The van der Waals surface area contributed by atoms with Gasteiger partial charge < -0.3 is 10.4 Å². The van der Waals surface area contributed by atoms with Crippen molar-refractivity contribution < 1.29 is 9.90 Å². The van der Waals surface area contributed by atoms with E-state index in [9.17, 15) is 9.90 Å². The van der Waals surface area contributed by atoms with Gasteiger partial charge in [-0.05, 0) is 26.3 Å². The van der Waals surface area contributed by atoms with Crippen molar-refractivity contribution in [3.8, 4) is 0 Å². The van der Waals surface area contributed by atoms with Gasteiger partial charge in [-0.3, -0.25) is 4.98 Å². The molecule has 0 spiro atoms. The number of carboxylic acids is 1. The maximum Gasteiger partial charge on any atom is 0.333 e. The fourth-order valence-electron chi connectivity index (χ4n) is 1.88. The molecule has 20 heavy (non-hydrogen) atoms. The quantitative estimate of drug-likeness (QED) is 0.893. The highest BCUT2D eigenvalue weighted by Crippen LogP contribution is 2.25. The van der Waals surface area contributed by atoms with Crippen molar-refractivity contribution in [3.63, 3.8) is 0 Å². The van der Waals surface area contributed by atoms with E-state index in [2.05, 4.69) is 15.3 Å². The van der Waals surface area contributed by atoms with Crippen molar-refractivity contribution in [2.75, 3.05) is 5.32 Å². The van der Waals surface area contributed by atoms with Gasteiger partial charge in [0.15, 0.2) is 5.54 Å². The van der Waals surface area contributed by atoms with Crippen molar-refractivity contribution in [1.29, 1.82) is 0 Å². The minimum atomic E-state index is -1.25. The SMILES string of the molecule is Cc1ncc(NC(C)(C(=O)O)c2ccccc2)nc1C. The molecule has 1 aromatic carbocycles. The third-order valence-corrected chi connectivity index (χ3v) is 3.35. The average Bonchev–Trinajstić information content (AvgIpc) is 2.43. The van der Waals surface area contributed by atoms with E-state index in [0.717, 1.165) is 11.4 Å². The Morgan fingerprint density at radius 3 is 2.40 bits per heavy atom. The molecule has 5 nitrogen and oxygen atoms in total. The maximum absolute atomic E-state index is 11.7. The Morgan fingerprint density at radius 1 is 1.20 bits per heavy atom. The van der Waals surface area contributed by atoms with Crippen LogP contribution >= 0.6 is 0 Å². The van der Waals surface area contributed by atoms with Crippen molar-refractivity contribution in [2.24, 2.45) is 0 Å². The van der Waals surface area contributed by atoms with Crippen LogP contribution in [0.25, 0.3) is 0 Å². The lowest BCUT2D eigenvalue weighted by Crippen LogP contribution is -2.40. The minimum Gasteiger partial charge on any atom is -0.479 e. The molecule has 5 heteroatoms. The van der Waals surface area contributed by atoms with Gasteiger partial charge in [0.25, 0.3) is 0 Å². The smallest absolute Gasteiger partial charge is 0.333 e. The zero-order valence-electron chi connectivity index (χ0n) is 11.7. The average molecular weight is 271 g/mol. The van der Waals surface area contributed by atoms with Gasteiger partial charge in [0.05, 0.1) is 17.6 Å². The van der Waals surface area contributed by atoms with Gasteiger partial charge in [-0.2, -0.15) is 0 Å². The van der Waals surface area contributed by atoms with Gasteiger partial charge in [-0.25, -0.2) is 9.78 Å². The molecule has 0 aliphatic heterocycles. The number of hydrogen-bond donors (Lipinski definition) is 2. The Labute approximate surface area is 117 Å². The maximum atomic E-state index is 11.7. The topological polar surface area (TPSA) is 75.1 Å². The first-order chi connectivity index (χ1) is 9.43. The number of aryl methyl sites for hydroxylation is 2. The van der Waals surface area contributed by atoms with Gasteiger partial charge in [-0.15, -0.1) is 0 Å². The Balaban J connectivity index is 2.39. The van der Waals surface area contributed by atoms with E-state index < -0.39 is 11.5 Å². The van der Waals surface area contributed by atoms with E-state index in [-0.39, 0.29) is 0 Å². The van der Waals surface area contributed by atoms with Crippen LogP contribution < -0.4 is 5.32 Å². The zero-order valence-corrected chi connectivity index (χ0v) is 11.7. The second kappa shape index (κ2) is 5.28. The van der Waals surface area contributed by atoms with Crippen LogP contribution in [0.5, 0.6) is 0 Å². The van der Waals surface area contributed by atoms with Crippen molar-refractivity contribution in [1.82, 2.24) is 9.97 Å². The van der Waals surface area contributed by atoms with Crippen LogP contribution in [0.2, 0.25) is 0 Å². The summed E-state index contributed by atoms with van der Waals surface area (Å²) in [5, 5.41) is 12.5. The number of nitrogens with one attached hydrogen (secondary N) is 1. The van der Waals surface area contributed by atoms with Gasteiger partial charge in [-0.1, -0.05) is 30.3 Å². The van der Waals surface area contributed by atoms with E-state index >= 15 is 0 Å². The summed E-state index contributed by atoms with van der Waals surface area (Å²) < 4.78 is 0. The lowest BCUT2D eigenvalue weighted by molar-refractivity contribution is -0.142. The highest BCUT2D eigenvalue weighted by Gasteiger charge is 2.35. The molecule has 0 radical (unpaired) electrons. The number of aromatic nitrogens is 2. The van der Waals surface area contributed by atoms with Gasteiger partial charge in [0.2, 0.25) is 0 Å². The molecule has 1 atom stereocenters. The standard InChI is InChI=1S/C15H17N3O2/c1-10-11(2)17-13(9-16-10)18-15(3,14(19)20)12-7-5-4-6-8-12/h4-9H,1-3H3,(H,17,18)(H,19,20). The van der Waals surface area contributed by atoms with E-state index in [0.29, 0.717) is 11.4 Å². The van der Waals surface area contributed by atoms with Crippen LogP contribution in [-0.2, 0) is 10.3 Å². The zero-order chi connectivity index (χ0) is 14.8. The van der Waals surface area contributed by atoms with Crippen LogP contribution in [0, 0.1) is 13.8 Å². The molecule has 0 aliphatic carbocycles. The van der Waals surface area contributed by atoms with E-state index in [1.807, 2.05) is 32.0 Å². The number of carbonyl (C=O) groups is 1. The number of carboxylic acid groups (broad SMARTS) is 1. The largest absolute Gasteiger partial charge is 0.479 e. The summed E-state index contributed by atoms with van der Waals surface area (Å²) in [4.78, 5) is 20.2. The summed E-state index contributed by atoms with van der Waals surface area (Å²) >= 11 is 0. The van der Waals surface area contributed by atoms with Crippen molar-refractivity contribution in [3.05, 3.63) is 53.5 Å². The molecular weight excluding hydrogens is 254 g/mol. The number of anilines is 1. The van der Waals surface area contributed by atoms with Crippen LogP contribution in [0.3, 0.4) is 0 Å². The summed E-state index contributed by atoms with van der Waals surface area (Å²) in [5.74, 6) is -0.523. The van der Waals surface area contributed by atoms with E-state index in [1.54, 1.807) is 25.3 Å². The molecule has 2 rings (SSSR count). The lowest BCUT2D eigenvalue weighted by Gasteiger charge is -2.27. The molecule has 0 saturated carbocycles. The molecule has 1 heterocycles. The monoisotopic (exact) mass is 271 g/mol. The molecule has 0 amide bonds. The van der Waals surface area contributed by atoms with Crippen LogP contribution in [0.1, 0.15) is 23.9 Å².